The van der Waals surface area contributed by atoms with Gasteiger partial charge in [-0.15, -0.1) is 0 Å². The van der Waals surface area contributed by atoms with E-state index in [0.717, 1.165) is 11.0 Å². The molecule has 6 heteroatoms. The predicted molar refractivity (Wildman–Crippen MR) is 78.2 cm³/mol. The molecule has 1 fully saturated rings. The molecule has 0 aliphatic carbocycles. The summed E-state index contributed by atoms with van der Waals surface area (Å²) in [5, 5.41) is 3.83. The number of sulfonamides is 1. The minimum absolute atomic E-state index is 0.277. The van der Waals surface area contributed by atoms with Gasteiger partial charge < -0.3 is 5.32 Å². The van der Waals surface area contributed by atoms with E-state index in [4.69, 9.17) is 0 Å². The van der Waals surface area contributed by atoms with Gasteiger partial charge in [0.2, 0.25) is 15.9 Å². The fourth-order valence-corrected chi connectivity index (χ4v) is 3.67. The van der Waals surface area contributed by atoms with Crippen LogP contribution in [0.3, 0.4) is 0 Å². The molecule has 0 atom stereocenters. The number of benzene rings is 1. The Morgan fingerprint density at radius 3 is 2.55 bits per heavy atom. The van der Waals surface area contributed by atoms with Gasteiger partial charge in [-0.2, -0.15) is 4.31 Å². The van der Waals surface area contributed by atoms with E-state index in [9.17, 15) is 13.2 Å². The summed E-state index contributed by atoms with van der Waals surface area (Å²) >= 11 is 0. The largest absolute Gasteiger partial charge is 0.353 e. The molecule has 0 spiro atoms. The van der Waals surface area contributed by atoms with Crippen molar-refractivity contribution in [2.24, 2.45) is 0 Å². The molecule has 0 unspecified atom stereocenters. The molecule has 0 bridgehead atoms. The van der Waals surface area contributed by atoms with E-state index < -0.39 is 15.6 Å². The lowest BCUT2D eigenvalue weighted by Crippen LogP contribution is -2.62. The second-order valence-electron chi connectivity index (χ2n) is 5.15. The first-order chi connectivity index (χ1) is 9.34. The first-order valence-corrected chi connectivity index (χ1v) is 7.89. The van der Waals surface area contributed by atoms with Gasteiger partial charge in [0.15, 0.2) is 0 Å². The zero-order valence-electron chi connectivity index (χ0n) is 11.5. The minimum atomic E-state index is -3.63. The van der Waals surface area contributed by atoms with Crippen LogP contribution in [0.2, 0.25) is 0 Å². The van der Waals surface area contributed by atoms with Crippen molar-refractivity contribution in [3.8, 4) is 0 Å². The molecule has 1 aliphatic heterocycles. The number of amides is 1. The molecule has 5 nitrogen and oxygen atoms in total. The average Bonchev–Trinajstić information content (AvgIpc) is 2.40. The van der Waals surface area contributed by atoms with Crippen LogP contribution in [-0.2, 0) is 14.8 Å². The van der Waals surface area contributed by atoms with Gasteiger partial charge in [0.1, 0.15) is 5.54 Å². The van der Waals surface area contributed by atoms with Crippen molar-refractivity contribution >= 4 is 22.0 Å². The summed E-state index contributed by atoms with van der Waals surface area (Å²) in [5.74, 6) is -0.277. The summed E-state index contributed by atoms with van der Waals surface area (Å²) in [6, 6.07) is 9.18. The number of hydrogen-bond acceptors (Lipinski definition) is 3. The maximum Gasteiger partial charge on any atom is 0.241 e. The molecule has 0 radical (unpaired) electrons. The molecule has 1 heterocycles. The number of nitrogens with one attached hydrogen (secondary N) is 1. The molecule has 2 rings (SSSR count). The van der Waals surface area contributed by atoms with Gasteiger partial charge in [-0.25, -0.2) is 8.42 Å². The number of nitrogens with zero attached hydrogens (tertiary/aromatic N) is 1. The lowest BCUT2D eigenvalue weighted by Gasteiger charge is -2.39. The Kier molecular flexibility index (Phi) is 3.96. The number of carbonyl (C=O) groups is 1. The molecule has 108 valence electrons. The summed E-state index contributed by atoms with van der Waals surface area (Å²) in [4.78, 5) is 11.8. The molecule has 20 heavy (non-hydrogen) atoms. The zero-order chi connectivity index (χ0) is 14.8. The van der Waals surface area contributed by atoms with Crippen LogP contribution >= 0.6 is 0 Å². The highest BCUT2D eigenvalue weighted by molar-refractivity contribution is 7.92. The van der Waals surface area contributed by atoms with E-state index in [1.807, 2.05) is 30.3 Å². The average molecular weight is 294 g/mol. The van der Waals surface area contributed by atoms with Crippen LogP contribution in [0.4, 0.5) is 0 Å². The lowest BCUT2D eigenvalue weighted by molar-refractivity contribution is -0.131. The van der Waals surface area contributed by atoms with Gasteiger partial charge in [-0.3, -0.25) is 4.79 Å². The summed E-state index contributed by atoms with van der Waals surface area (Å²) in [6.45, 7) is 3.83. The number of hydrogen-bond donors (Lipinski definition) is 1. The molecule has 1 aromatic carbocycles. The monoisotopic (exact) mass is 294 g/mol. The van der Waals surface area contributed by atoms with Gasteiger partial charge in [0.05, 0.1) is 0 Å². The van der Waals surface area contributed by atoms with Crippen LogP contribution in [0, 0.1) is 0 Å². The normalized spacial score (nSPS) is 20.0. The second-order valence-corrected chi connectivity index (χ2v) is 6.89. The summed E-state index contributed by atoms with van der Waals surface area (Å²) < 4.78 is 26.0. The first-order valence-electron chi connectivity index (χ1n) is 6.38. The lowest BCUT2D eigenvalue weighted by atomic mass is 10.0. The van der Waals surface area contributed by atoms with Crippen molar-refractivity contribution in [2.45, 2.75) is 19.4 Å². The van der Waals surface area contributed by atoms with Crippen LogP contribution in [0.5, 0.6) is 0 Å². The second kappa shape index (κ2) is 5.38. The van der Waals surface area contributed by atoms with Gasteiger partial charge in [0, 0.05) is 18.5 Å². The Hall–Kier alpha value is -1.66. The number of piperazine rings is 1. The molecule has 1 aromatic rings. The fourth-order valence-electron chi connectivity index (χ4n) is 2.13. The highest BCUT2D eigenvalue weighted by atomic mass is 32.2. The molecule has 0 saturated carbocycles. The minimum Gasteiger partial charge on any atom is -0.353 e. The summed E-state index contributed by atoms with van der Waals surface area (Å²) in [6.07, 6.45) is 1.54. The van der Waals surface area contributed by atoms with Crippen molar-refractivity contribution in [2.75, 3.05) is 13.1 Å². The van der Waals surface area contributed by atoms with Gasteiger partial charge in [-0.05, 0) is 25.5 Å². The maximum absolute atomic E-state index is 12.4. The van der Waals surface area contributed by atoms with Crippen LogP contribution in [0.25, 0.3) is 6.08 Å². The number of rotatable bonds is 3. The maximum atomic E-state index is 12.4. The molecule has 1 N–H and O–H groups in total. The van der Waals surface area contributed by atoms with Gasteiger partial charge >= 0.3 is 0 Å². The molecule has 1 aliphatic rings. The van der Waals surface area contributed by atoms with Crippen LogP contribution in [-0.4, -0.2) is 37.3 Å². The Morgan fingerprint density at radius 2 is 1.90 bits per heavy atom. The zero-order valence-corrected chi connectivity index (χ0v) is 12.4. The Morgan fingerprint density at radius 1 is 1.25 bits per heavy atom. The Balaban J connectivity index is 2.26. The van der Waals surface area contributed by atoms with E-state index in [0.29, 0.717) is 6.54 Å². The van der Waals surface area contributed by atoms with Crippen LogP contribution < -0.4 is 5.32 Å². The molecule has 1 saturated heterocycles. The molecular weight excluding hydrogens is 276 g/mol. The standard InChI is InChI=1S/C14H18N2O3S/c1-14(2)13(17)15-9-10-16(14)20(18,19)11-8-12-6-4-3-5-7-12/h3-8,11H,9-10H2,1-2H3,(H,15,17). The van der Waals surface area contributed by atoms with Crippen molar-refractivity contribution in [1.29, 1.82) is 0 Å². The van der Waals surface area contributed by atoms with E-state index in [1.165, 1.54) is 10.4 Å². The Bertz CT molecular complexity index is 621. The van der Waals surface area contributed by atoms with Crippen molar-refractivity contribution in [3.05, 3.63) is 41.3 Å². The Labute approximate surface area is 119 Å². The third-order valence-electron chi connectivity index (χ3n) is 3.32. The predicted octanol–water partition coefficient (Wildman–Crippen LogP) is 1.20. The first kappa shape index (κ1) is 14.7. The van der Waals surface area contributed by atoms with E-state index in [1.54, 1.807) is 13.8 Å². The van der Waals surface area contributed by atoms with Gasteiger partial charge in [-0.1, -0.05) is 30.3 Å². The van der Waals surface area contributed by atoms with Crippen LogP contribution in [0.1, 0.15) is 19.4 Å². The van der Waals surface area contributed by atoms with E-state index in [2.05, 4.69) is 5.32 Å². The highest BCUT2D eigenvalue weighted by Gasteiger charge is 2.43. The quantitative estimate of drug-likeness (QED) is 0.911. The highest BCUT2D eigenvalue weighted by Crippen LogP contribution is 2.23. The SMILES string of the molecule is CC1(C)C(=O)NCCN1S(=O)(=O)C=Cc1ccccc1. The molecular formula is C14H18N2O3S. The van der Waals surface area contributed by atoms with Crippen molar-refractivity contribution in [3.63, 3.8) is 0 Å². The summed E-state index contributed by atoms with van der Waals surface area (Å²) in [5.41, 5.74) is -0.270. The molecule has 1 amide bonds. The third kappa shape index (κ3) is 2.91. The van der Waals surface area contributed by atoms with Crippen molar-refractivity contribution < 1.29 is 13.2 Å². The van der Waals surface area contributed by atoms with E-state index >= 15 is 0 Å². The van der Waals surface area contributed by atoms with Crippen molar-refractivity contribution in [1.82, 2.24) is 9.62 Å². The topological polar surface area (TPSA) is 66.5 Å². The summed E-state index contributed by atoms with van der Waals surface area (Å²) in [7, 11) is -3.63. The molecule has 0 aromatic heterocycles. The smallest absolute Gasteiger partial charge is 0.241 e. The van der Waals surface area contributed by atoms with Crippen LogP contribution in [0.15, 0.2) is 35.7 Å². The fraction of sp³-hybridized carbons (Fsp3) is 0.357. The number of carbonyl (C=O) groups excluding carboxylic acids is 1. The third-order valence-corrected chi connectivity index (χ3v) is 5.05. The van der Waals surface area contributed by atoms with Gasteiger partial charge in [0.25, 0.3) is 0 Å². The van der Waals surface area contributed by atoms with E-state index in [-0.39, 0.29) is 12.5 Å².